The molecule has 2 heterocycles. The Labute approximate surface area is 115 Å². The number of morpholine rings is 1. The Balaban J connectivity index is 1.95. The molecular weight excluding hydrogens is 238 g/mol. The Morgan fingerprint density at radius 1 is 1.21 bits per heavy atom. The van der Waals surface area contributed by atoms with Gasteiger partial charge in [-0.3, -0.25) is 4.90 Å². The van der Waals surface area contributed by atoms with Gasteiger partial charge in [-0.05, 0) is 44.9 Å². The third-order valence-corrected chi connectivity index (χ3v) is 4.80. The van der Waals surface area contributed by atoms with Gasteiger partial charge in [0.05, 0.1) is 18.8 Å². The zero-order valence-electron chi connectivity index (χ0n) is 12.0. The number of ether oxygens (including phenoxy) is 1. The van der Waals surface area contributed by atoms with Crippen molar-refractivity contribution in [2.75, 3.05) is 20.3 Å². The first-order valence-corrected chi connectivity index (χ1v) is 7.09. The van der Waals surface area contributed by atoms with Gasteiger partial charge in [-0.1, -0.05) is 23.8 Å². The minimum atomic E-state index is -0.691. The molecule has 0 amide bonds. The van der Waals surface area contributed by atoms with E-state index in [9.17, 15) is 5.11 Å². The summed E-state index contributed by atoms with van der Waals surface area (Å²) in [7, 11) is 2.15. The summed E-state index contributed by atoms with van der Waals surface area (Å²) in [6.45, 7) is 5.67. The molecule has 1 aromatic carbocycles. The minimum absolute atomic E-state index is 0.332. The van der Waals surface area contributed by atoms with E-state index in [1.165, 1.54) is 11.1 Å². The van der Waals surface area contributed by atoms with Crippen LogP contribution in [0.25, 0.3) is 0 Å². The Morgan fingerprint density at radius 3 is 2.42 bits per heavy atom. The van der Waals surface area contributed by atoms with Gasteiger partial charge in [0, 0.05) is 12.1 Å². The molecule has 0 aromatic heterocycles. The number of fused-ring (bicyclic) bond motifs is 2. The van der Waals surface area contributed by atoms with Gasteiger partial charge in [0.25, 0.3) is 0 Å². The van der Waals surface area contributed by atoms with Gasteiger partial charge in [-0.2, -0.15) is 0 Å². The van der Waals surface area contributed by atoms with Crippen LogP contribution in [-0.4, -0.2) is 42.4 Å². The van der Waals surface area contributed by atoms with E-state index in [-0.39, 0.29) is 0 Å². The van der Waals surface area contributed by atoms with Gasteiger partial charge in [0.1, 0.15) is 0 Å². The van der Waals surface area contributed by atoms with Crippen LogP contribution < -0.4 is 0 Å². The maximum Gasteiger partial charge on any atom is 0.0930 e. The zero-order chi connectivity index (χ0) is 13.6. The molecule has 19 heavy (non-hydrogen) atoms. The van der Waals surface area contributed by atoms with Gasteiger partial charge in [0.15, 0.2) is 0 Å². The molecule has 1 aromatic rings. The molecule has 3 nitrogen and oxygen atoms in total. The van der Waals surface area contributed by atoms with Crippen molar-refractivity contribution in [1.82, 2.24) is 4.90 Å². The van der Waals surface area contributed by atoms with Gasteiger partial charge >= 0.3 is 0 Å². The quantitative estimate of drug-likeness (QED) is 0.839. The van der Waals surface area contributed by atoms with E-state index in [1.807, 2.05) is 0 Å². The predicted octanol–water partition coefficient (Wildman–Crippen LogP) is 1.98. The number of aryl methyl sites for hydroxylation is 2. The first-order valence-electron chi connectivity index (χ1n) is 7.09. The average Bonchev–Trinajstić information content (AvgIpc) is 2.31. The van der Waals surface area contributed by atoms with E-state index >= 15 is 0 Å². The number of nitrogens with zero attached hydrogens (tertiary/aromatic N) is 1. The fourth-order valence-electron chi connectivity index (χ4n) is 3.70. The highest BCUT2D eigenvalue weighted by Gasteiger charge is 2.45. The molecule has 2 unspecified atom stereocenters. The molecule has 3 rings (SSSR count). The highest BCUT2D eigenvalue weighted by Crippen LogP contribution is 2.41. The molecule has 0 saturated carbocycles. The van der Waals surface area contributed by atoms with Crippen molar-refractivity contribution in [2.24, 2.45) is 0 Å². The van der Waals surface area contributed by atoms with E-state index in [0.717, 1.165) is 31.6 Å². The summed E-state index contributed by atoms with van der Waals surface area (Å²) in [4.78, 5) is 2.38. The van der Waals surface area contributed by atoms with E-state index < -0.39 is 5.60 Å². The van der Waals surface area contributed by atoms with Crippen LogP contribution in [0.1, 0.15) is 29.5 Å². The zero-order valence-corrected chi connectivity index (χ0v) is 12.0. The van der Waals surface area contributed by atoms with Crippen molar-refractivity contribution in [3.8, 4) is 0 Å². The molecule has 2 bridgehead atoms. The third kappa shape index (κ3) is 2.20. The first kappa shape index (κ1) is 13.1. The second-order valence-corrected chi connectivity index (χ2v) is 6.27. The molecule has 2 atom stereocenters. The van der Waals surface area contributed by atoms with Crippen LogP contribution >= 0.6 is 0 Å². The maximum atomic E-state index is 11.2. The van der Waals surface area contributed by atoms with Crippen LogP contribution in [0, 0.1) is 13.8 Å². The number of rotatable bonds is 1. The molecule has 0 aliphatic carbocycles. The lowest BCUT2D eigenvalue weighted by atomic mass is 9.75. The van der Waals surface area contributed by atoms with Crippen molar-refractivity contribution in [1.29, 1.82) is 0 Å². The maximum absolute atomic E-state index is 11.2. The van der Waals surface area contributed by atoms with Crippen LogP contribution in [0.15, 0.2) is 18.2 Å². The summed E-state index contributed by atoms with van der Waals surface area (Å²) in [5.41, 5.74) is 2.86. The minimum Gasteiger partial charge on any atom is -0.385 e. The standard InChI is InChI=1S/C16H23NO2/c1-11-4-5-15(12(2)6-11)16(18)7-13-9-19-10-14(8-16)17(13)3/h4-6,13-14,18H,7-10H2,1-3H3. The summed E-state index contributed by atoms with van der Waals surface area (Å²) in [5.74, 6) is 0. The number of hydrogen-bond acceptors (Lipinski definition) is 3. The number of aliphatic hydroxyl groups is 1. The van der Waals surface area contributed by atoms with Crippen molar-refractivity contribution >= 4 is 0 Å². The molecule has 2 aliphatic heterocycles. The lowest BCUT2D eigenvalue weighted by Crippen LogP contribution is -2.59. The molecule has 2 aliphatic rings. The highest BCUT2D eigenvalue weighted by atomic mass is 16.5. The monoisotopic (exact) mass is 261 g/mol. The molecule has 2 saturated heterocycles. The topological polar surface area (TPSA) is 32.7 Å². The largest absolute Gasteiger partial charge is 0.385 e. The van der Waals surface area contributed by atoms with E-state index in [1.54, 1.807) is 0 Å². The van der Waals surface area contributed by atoms with E-state index in [2.05, 4.69) is 44.0 Å². The Kier molecular flexibility index (Phi) is 3.16. The van der Waals surface area contributed by atoms with Gasteiger partial charge in [-0.15, -0.1) is 0 Å². The SMILES string of the molecule is Cc1ccc(C2(O)CC3COCC(C2)N3C)c(C)c1. The number of piperidine rings is 1. The third-order valence-electron chi connectivity index (χ3n) is 4.80. The van der Waals surface area contributed by atoms with Crippen molar-refractivity contribution in [3.63, 3.8) is 0 Å². The van der Waals surface area contributed by atoms with Crippen LogP contribution in [0.3, 0.4) is 0 Å². The van der Waals surface area contributed by atoms with Crippen molar-refractivity contribution < 1.29 is 9.84 Å². The fraction of sp³-hybridized carbons (Fsp3) is 0.625. The summed E-state index contributed by atoms with van der Waals surface area (Å²) >= 11 is 0. The summed E-state index contributed by atoms with van der Waals surface area (Å²) in [6, 6.07) is 7.03. The van der Waals surface area contributed by atoms with Crippen LogP contribution in [0.4, 0.5) is 0 Å². The van der Waals surface area contributed by atoms with Crippen LogP contribution in [0.2, 0.25) is 0 Å². The lowest BCUT2D eigenvalue weighted by Gasteiger charge is -2.50. The summed E-state index contributed by atoms with van der Waals surface area (Å²) in [6.07, 6.45) is 1.54. The summed E-state index contributed by atoms with van der Waals surface area (Å²) in [5, 5.41) is 11.2. The predicted molar refractivity (Wildman–Crippen MR) is 75.2 cm³/mol. The molecule has 104 valence electrons. The second-order valence-electron chi connectivity index (χ2n) is 6.27. The molecule has 0 radical (unpaired) electrons. The molecule has 1 N–H and O–H groups in total. The first-order chi connectivity index (χ1) is 8.99. The smallest absolute Gasteiger partial charge is 0.0930 e. The lowest BCUT2D eigenvalue weighted by molar-refractivity contribution is -0.138. The van der Waals surface area contributed by atoms with Crippen molar-refractivity contribution in [2.45, 2.75) is 44.4 Å². The molecule has 0 spiro atoms. The number of likely N-dealkylation sites (N-methyl/N-ethyl adjacent to an activating group) is 1. The van der Waals surface area contributed by atoms with Crippen LogP contribution in [0.5, 0.6) is 0 Å². The Bertz CT molecular complexity index is 472. The average molecular weight is 261 g/mol. The highest BCUT2D eigenvalue weighted by molar-refractivity contribution is 5.35. The van der Waals surface area contributed by atoms with Crippen LogP contribution in [-0.2, 0) is 10.3 Å². The van der Waals surface area contributed by atoms with Gasteiger partial charge in [-0.25, -0.2) is 0 Å². The summed E-state index contributed by atoms with van der Waals surface area (Å²) < 4.78 is 5.63. The van der Waals surface area contributed by atoms with Gasteiger partial charge in [0.2, 0.25) is 0 Å². The molecule has 3 heteroatoms. The Morgan fingerprint density at radius 2 is 1.84 bits per heavy atom. The Hall–Kier alpha value is -0.900. The fourth-order valence-corrected chi connectivity index (χ4v) is 3.70. The van der Waals surface area contributed by atoms with E-state index in [0.29, 0.717) is 12.1 Å². The van der Waals surface area contributed by atoms with Gasteiger partial charge < -0.3 is 9.84 Å². The number of hydrogen-bond donors (Lipinski definition) is 1. The second kappa shape index (κ2) is 4.58. The van der Waals surface area contributed by atoms with Crippen molar-refractivity contribution in [3.05, 3.63) is 34.9 Å². The van der Waals surface area contributed by atoms with E-state index in [4.69, 9.17) is 4.74 Å². The molecular formula is C16H23NO2. The number of benzene rings is 1. The normalized spacial score (nSPS) is 35.4. The molecule has 2 fully saturated rings.